The highest BCUT2D eigenvalue weighted by molar-refractivity contribution is 7.07. The van der Waals surface area contributed by atoms with Crippen molar-refractivity contribution in [3.63, 3.8) is 0 Å². The van der Waals surface area contributed by atoms with Crippen LogP contribution in [-0.2, 0) is 6.42 Å². The number of hydrogen-bond acceptors (Lipinski definition) is 1. The van der Waals surface area contributed by atoms with Gasteiger partial charge < -0.3 is 0 Å². The van der Waals surface area contributed by atoms with E-state index in [2.05, 4.69) is 16.8 Å². The molecule has 0 aliphatic heterocycles. The first-order chi connectivity index (χ1) is 7.34. The summed E-state index contributed by atoms with van der Waals surface area (Å²) in [6.45, 7) is 0. The molecule has 0 bridgehead atoms. The topological polar surface area (TPSA) is 0 Å². The molecule has 15 heavy (non-hydrogen) atoms. The first kappa shape index (κ1) is 11.5. The maximum absolute atomic E-state index is 6.41. The molecule has 1 aliphatic rings. The number of thiophene rings is 1. The largest absolute Gasteiger partial charge is 0.152 e. The van der Waals surface area contributed by atoms with Gasteiger partial charge in [0.2, 0.25) is 0 Å². The second-order valence-electron chi connectivity index (χ2n) is 4.67. The maximum Gasteiger partial charge on any atom is 0.0379 e. The van der Waals surface area contributed by atoms with Gasteiger partial charge in [-0.15, -0.1) is 11.6 Å². The van der Waals surface area contributed by atoms with E-state index < -0.39 is 0 Å². The second-order valence-corrected chi connectivity index (χ2v) is 6.07. The summed E-state index contributed by atoms with van der Waals surface area (Å²) in [5.41, 5.74) is 1.41. The zero-order valence-electron chi connectivity index (χ0n) is 9.12. The molecule has 0 spiro atoms. The van der Waals surface area contributed by atoms with Crippen LogP contribution in [0.15, 0.2) is 16.8 Å². The Morgan fingerprint density at radius 1 is 1.33 bits per heavy atom. The van der Waals surface area contributed by atoms with E-state index in [-0.39, 0.29) is 0 Å². The summed E-state index contributed by atoms with van der Waals surface area (Å²) in [6.07, 6.45) is 9.38. The van der Waals surface area contributed by atoms with Gasteiger partial charge in [-0.1, -0.05) is 32.1 Å². The number of rotatable bonds is 4. The molecule has 0 aromatic carbocycles. The number of alkyl halides is 1. The average molecular weight is 243 g/mol. The molecule has 0 nitrogen and oxygen atoms in total. The zero-order chi connectivity index (χ0) is 10.5. The van der Waals surface area contributed by atoms with Crippen LogP contribution in [0.2, 0.25) is 0 Å². The van der Waals surface area contributed by atoms with Crippen LogP contribution in [-0.4, -0.2) is 5.38 Å². The van der Waals surface area contributed by atoms with Gasteiger partial charge in [0.25, 0.3) is 0 Å². The third kappa shape index (κ3) is 3.81. The van der Waals surface area contributed by atoms with Crippen LogP contribution in [0, 0.1) is 5.92 Å². The van der Waals surface area contributed by atoms with Gasteiger partial charge in [0.05, 0.1) is 0 Å². The third-order valence-electron chi connectivity index (χ3n) is 3.35. The lowest BCUT2D eigenvalue weighted by Gasteiger charge is -2.23. The van der Waals surface area contributed by atoms with Crippen LogP contribution in [0.1, 0.15) is 44.1 Å². The van der Waals surface area contributed by atoms with Crippen LogP contribution in [0.5, 0.6) is 0 Å². The summed E-state index contributed by atoms with van der Waals surface area (Å²) >= 11 is 8.18. The molecule has 2 rings (SSSR count). The van der Waals surface area contributed by atoms with Gasteiger partial charge in [-0.2, -0.15) is 11.3 Å². The maximum atomic E-state index is 6.41. The molecule has 1 aromatic rings. The Hall–Kier alpha value is -0.0100. The third-order valence-corrected chi connectivity index (χ3v) is 4.42. The Morgan fingerprint density at radius 2 is 2.13 bits per heavy atom. The fourth-order valence-electron chi connectivity index (χ4n) is 2.53. The van der Waals surface area contributed by atoms with Crippen molar-refractivity contribution >= 4 is 22.9 Å². The smallest absolute Gasteiger partial charge is 0.0379 e. The summed E-state index contributed by atoms with van der Waals surface area (Å²) in [5, 5.41) is 4.71. The molecule has 1 heterocycles. The summed E-state index contributed by atoms with van der Waals surface area (Å²) in [5.74, 6) is 0.903. The predicted molar refractivity (Wildman–Crippen MR) is 68.9 cm³/mol. The van der Waals surface area contributed by atoms with Crippen LogP contribution >= 0.6 is 22.9 Å². The molecule has 84 valence electrons. The molecule has 1 aliphatic carbocycles. The minimum atomic E-state index is 0.350. The van der Waals surface area contributed by atoms with Gasteiger partial charge in [0.1, 0.15) is 0 Å². The fourth-order valence-corrected chi connectivity index (χ4v) is 3.64. The Morgan fingerprint density at radius 3 is 2.80 bits per heavy atom. The van der Waals surface area contributed by atoms with E-state index in [0.717, 1.165) is 12.3 Å². The van der Waals surface area contributed by atoms with E-state index in [0.29, 0.717) is 5.38 Å². The Labute approximate surface area is 102 Å². The second kappa shape index (κ2) is 5.91. The highest BCUT2D eigenvalue weighted by Gasteiger charge is 2.17. The van der Waals surface area contributed by atoms with Crippen LogP contribution < -0.4 is 0 Å². The van der Waals surface area contributed by atoms with Gasteiger partial charge in [-0.3, -0.25) is 0 Å². The monoisotopic (exact) mass is 242 g/mol. The van der Waals surface area contributed by atoms with Crippen LogP contribution in [0.25, 0.3) is 0 Å². The Kier molecular flexibility index (Phi) is 4.52. The van der Waals surface area contributed by atoms with Crippen molar-refractivity contribution in [1.82, 2.24) is 0 Å². The van der Waals surface area contributed by atoms with Gasteiger partial charge in [0, 0.05) is 5.38 Å². The van der Waals surface area contributed by atoms with Crippen LogP contribution in [0.4, 0.5) is 0 Å². The molecule has 0 N–H and O–H groups in total. The molecule has 1 aromatic heterocycles. The highest BCUT2D eigenvalue weighted by Crippen LogP contribution is 2.29. The van der Waals surface area contributed by atoms with Gasteiger partial charge >= 0.3 is 0 Å². The average Bonchev–Trinajstić information content (AvgIpc) is 2.71. The lowest BCUT2D eigenvalue weighted by molar-refractivity contribution is 0.334. The summed E-state index contributed by atoms with van der Waals surface area (Å²) < 4.78 is 0. The molecular formula is C13H19ClS. The summed E-state index contributed by atoms with van der Waals surface area (Å²) in [7, 11) is 0. The van der Waals surface area contributed by atoms with Gasteiger partial charge in [-0.25, -0.2) is 0 Å². The van der Waals surface area contributed by atoms with E-state index in [1.165, 1.54) is 44.1 Å². The SMILES string of the molecule is ClC(Cc1ccsc1)CC1CCCCC1. The fraction of sp³-hybridized carbons (Fsp3) is 0.692. The number of halogens is 1. The minimum absolute atomic E-state index is 0.350. The van der Waals surface area contributed by atoms with Gasteiger partial charge in [0.15, 0.2) is 0 Å². The molecule has 0 amide bonds. The molecule has 1 atom stereocenters. The van der Waals surface area contributed by atoms with E-state index in [9.17, 15) is 0 Å². The predicted octanol–water partition coefficient (Wildman–Crippen LogP) is 4.87. The lowest BCUT2D eigenvalue weighted by atomic mass is 9.85. The highest BCUT2D eigenvalue weighted by atomic mass is 35.5. The molecule has 0 saturated heterocycles. The van der Waals surface area contributed by atoms with E-state index >= 15 is 0 Å². The number of hydrogen-bond donors (Lipinski definition) is 0. The van der Waals surface area contributed by atoms with Crippen molar-refractivity contribution in [2.75, 3.05) is 0 Å². The van der Waals surface area contributed by atoms with Crippen LogP contribution in [0.3, 0.4) is 0 Å². The summed E-state index contributed by atoms with van der Waals surface area (Å²) in [6, 6.07) is 2.20. The van der Waals surface area contributed by atoms with Crippen molar-refractivity contribution in [2.24, 2.45) is 5.92 Å². The van der Waals surface area contributed by atoms with Crippen molar-refractivity contribution in [2.45, 2.75) is 50.3 Å². The first-order valence-electron chi connectivity index (χ1n) is 6.00. The molecular weight excluding hydrogens is 224 g/mol. The molecule has 2 heteroatoms. The molecule has 1 fully saturated rings. The van der Waals surface area contributed by atoms with E-state index in [1.807, 2.05) is 0 Å². The quantitative estimate of drug-likeness (QED) is 0.661. The summed E-state index contributed by atoms with van der Waals surface area (Å²) in [4.78, 5) is 0. The van der Waals surface area contributed by atoms with Crippen molar-refractivity contribution < 1.29 is 0 Å². The van der Waals surface area contributed by atoms with Crippen molar-refractivity contribution in [3.05, 3.63) is 22.4 Å². The standard InChI is InChI=1S/C13H19ClS/c14-13(9-12-6-7-15-10-12)8-11-4-2-1-3-5-11/h6-7,10-11,13H,1-5,8-9H2. The van der Waals surface area contributed by atoms with Gasteiger partial charge in [-0.05, 0) is 41.1 Å². The molecule has 1 saturated carbocycles. The van der Waals surface area contributed by atoms with Crippen molar-refractivity contribution in [1.29, 1.82) is 0 Å². The molecule has 1 unspecified atom stereocenters. The minimum Gasteiger partial charge on any atom is -0.152 e. The Bertz CT molecular complexity index is 262. The normalized spacial score (nSPS) is 20.3. The van der Waals surface area contributed by atoms with Crippen molar-refractivity contribution in [3.8, 4) is 0 Å². The van der Waals surface area contributed by atoms with E-state index in [1.54, 1.807) is 11.3 Å². The van der Waals surface area contributed by atoms with E-state index in [4.69, 9.17) is 11.6 Å². The lowest BCUT2D eigenvalue weighted by Crippen LogP contribution is -2.13. The zero-order valence-corrected chi connectivity index (χ0v) is 10.7. The Balaban J connectivity index is 1.74. The molecule has 0 radical (unpaired) electrons. The first-order valence-corrected chi connectivity index (χ1v) is 7.37.